The van der Waals surface area contributed by atoms with Crippen molar-refractivity contribution >= 4 is 5.69 Å². The first kappa shape index (κ1) is 13.0. The number of nitrogens with one attached hydrogen (secondary N) is 1. The molecule has 0 aliphatic carbocycles. The zero-order valence-electron chi connectivity index (χ0n) is 10.2. The van der Waals surface area contributed by atoms with E-state index in [9.17, 15) is 4.39 Å². The monoisotopic (exact) mass is 225 g/mol. The van der Waals surface area contributed by atoms with Gasteiger partial charge < -0.3 is 10.1 Å². The molecule has 0 spiro atoms. The molecule has 1 aromatic carbocycles. The van der Waals surface area contributed by atoms with Gasteiger partial charge in [0.2, 0.25) is 0 Å². The third-order valence-corrected chi connectivity index (χ3v) is 2.22. The number of benzene rings is 1. The Morgan fingerprint density at radius 3 is 2.75 bits per heavy atom. The first-order valence-corrected chi connectivity index (χ1v) is 5.68. The molecule has 0 amide bonds. The van der Waals surface area contributed by atoms with Gasteiger partial charge in [-0.3, -0.25) is 0 Å². The topological polar surface area (TPSA) is 21.3 Å². The smallest absolute Gasteiger partial charge is 0.146 e. The number of rotatable bonds is 6. The van der Waals surface area contributed by atoms with E-state index in [1.807, 2.05) is 13.0 Å². The van der Waals surface area contributed by atoms with Gasteiger partial charge in [-0.1, -0.05) is 26.0 Å². The minimum Gasteiger partial charge on any atom is -0.380 e. The third kappa shape index (κ3) is 4.19. The average Bonchev–Trinajstić information content (AvgIpc) is 2.21. The predicted molar refractivity (Wildman–Crippen MR) is 65.3 cm³/mol. The molecule has 0 radical (unpaired) electrons. The lowest BCUT2D eigenvalue weighted by Gasteiger charge is -2.11. The molecule has 0 atom stereocenters. The van der Waals surface area contributed by atoms with Crippen LogP contribution < -0.4 is 5.32 Å². The van der Waals surface area contributed by atoms with Crippen LogP contribution in [-0.4, -0.2) is 19.8 Å². The van der Waals surface area contributed by atoms with Crippen molar-refractivity contribution in [3.63, 3.8) is 0 Å². The molecule has 90 valence electrons. The molecule has 1 rings (SSSR count). The maximum atomic E-state index is 13.4. The van der Waals surface area contributed by atoms with E-state index in [0.29, 0.717) is 24.8 Å². The normalized spacial score (nSPS) is 10.8. The summed E-state index contributed by atoms with van der Waals surface area (Å²) >= 11 is 0. The van der Waals surface area contributed by atoms with Crippen molar-refractivity contribution in [3.05, 3.63) is 29.6 Å². The lowest BCUT2D eigenvalue weighted by atomic mass is 10.2. The minimum atomic E-state index is -0.205. The Bertz CT molecular complexity index is 305. The van der Waals surface area contributed by atoms with Gasteiger partial charge in [0.05, 0.1) is 12.3 Å². The molecule has 3 heteroatoms. The Morgan fingerprint density at radius 2 is 2.12 bits per heavy atom. The van der Waals surface area contributed by atoms with Crippen molar-refractivity contribution in [1.29, 1.82) is 0 Å². The predicted octanol–water partition coefficient (Wildman–Crippen LogP) is 3.22. The summed E-state index contributed by atoms with van der Waals surface area (Å²) in [7, 11) is 0. The van der Waals surface area contributed by atoms with Crippen molar-refractivity contribution < 1.29 is 9.13 Å². The zero-order valence-corrected chi connectivity index (χ0v) is 10.2. The summed E-state index contributed by atoms with van der Waals surface area (Å²) in [6.45, 7) is 8.08. The van der Waals surface area contributed by atoms with Gasteiger partial charge in [0.15, 0.2) is 0 Å². The first-order valence-electron chi connectivity index (χ1n) is 5.68. The van der Waals surface area contributed by atoms with Gasteiger partial charge in [0.1, 0.15) is 5.82 Å². The maximum Gasteiger partial charge on any atom is 0.146 e. The van der Waals surface area contributed by atoms with Gasteiger partial charge in [0.25, 0.3) is 0 Å². The number of anilines is 1. The van der Waals surface area contributed by atoms with Crippen LogP contribution in [0.4, 0.5) is 10.1 Å². The van der Waals surface area contributed by atoms with E-state index in [-0.39, 0.29) is 5.82 Å². The molecular weight excluding hydrogens is 205 g/mol. The largest absolute Gasteiger partial charge is 0.380 e. The summed E-state index contributed by atoms with van der Waals surface area (Å²) in [4.78, 5) is 0. The third-order valence-electron chi connectivity index (χ3n) is 2.22. The fraction of sp³-hybridized carbons (Fsp3) is 0.538. The van der Waals surface area contributed by atoms with Gasteiger partial charge in [-0.25, -0.2) is 4.39 Å². The molecular formula is C13H20FNO. The Balaban J connectivity index is 2.32. The van der Waals surface area contributed by atoms with Crippen LogP contribution in [0.25, 0.3) is 0 Å². The number of halogens is 1. The summed E-state index contributed by atoms with van der Waals surface area (Å²) < 4.78 is 18.8. The van der Waals surface area contributed by atoms with Crippen LogP contribution in [0.3, 0.4) is 0 Å². The summed E-state index contributed by atoms with van der Waals surface area (Å²) in [5, 5.41) is 3.05. The lowest BCUT2D eigenvalue weighted by Crippen LogP contribution is -2.13. The molecule has 0 aromatic heterocycles. The van der Waals surface area contributed by atoms with Crippen LogP contribution in [0, 0.1) is 18.7 Å². The van der Waals surface area contributed by atoms with Gasteiger partial charge in [-0.15, -0.1) is 0 Å². The highest BCUT2D eigenvalue weighted by atomic mass is 19.1. The van der Waals surface area contributed by atoms with Gasteiger partial charge in [0, 0.05) is 13.2 Å². The van der Waals surface area contributed by atoms with Crippen molar-refractivity contribution in [2.45, 2.75) is 20.8 Å². The van der Waals surface area contributed by atoms with Gasteiger partial charge >= 0.3 is 0 Å². The highest BCUT2D eigenvalue weighted by molar-refractivity contribution is 5.51. The van der Waals surface area contributed by atoms with Crippen LogP contribution in [0.1, 0.15) is 19.4 Å². The maximum absolute atomic E-state index is 13.4. The lowest BCUT2D eigenvalue weighted by molar-refractivity contribution is 0.118. The Morgan fingerprint density at radius 1 is 1.38 bits per heavy atom. The van der Waals surface area contributed by atoms with E-state index in [4.69, 9.17) is 4.74 Å². The zero-order chi connectivity index (χ0) is 12.0. The quantitative estimate of drug-likeness (QED) is 0.750. The molecule has 1 aromatic rings. The SMILES string of the molecule is Cc1cccc(F)c1NCCOCC(C)C. The number of aryl methyl sites for hydroxylation is 1. The molecule has 0 saturated carbocycles. The molecule has 0 bridgehead atoms. The standard InChI is InChI=1S/C13H20FNO/c1-10(2)9-16-8-7-15-13-11(3)5-4-6-12(13)14/h4-6,10,15H,7-9H2,1-3H3. The van der Waals surface area contributed by atoms with Crippen LogP contribution in [0.2, 0.25) is 0 Å². The van der Waals surface area contributed by atoms with Crippen LogP contribution in [-0.2, 0) is 4.74 Å². The second-order valence-corrected chi connectivity index (χ2v) is 4.33. The second kappa shape index (κ2) is 6.48. The molecule has 0 heterocycles. The molecule has 0 aliphatic rings. The number of ether oxygens (including phenoxy) is 1. The van der Waals surface area contributed by atoms with Crippen LogP contribution >= 0.6 is 0 Å². The number of hydrogen-bond donors (Lipinski definition) is 1. The van der Waals surface area contributed by atoms with E-state index in [2.05, 4.69) is 19.2 Å². The first-order chi connectivity index (χ1) is 7.61. The van der Waals surface area contributed by atoms with Crippen molar-refractivity contribution in [2.75, 3.05) is 25.1 Å². The summed E-state index contributed by atoms with van der Waals surface area (Å²) in [5.74, 6) is 0.332. The highest BCUT2D eigenvalue weighted by Crippen LogP contribution is 2.17. The van der Waals surface area contributed by atoms with E-state index in [1.165, 1.54) is 6.07 Å². The molecule has 0 aliphatic heterocycles. The molecule has 16 heavy (non-hydrogen) atoms. The highest BCUT2D eigenvalue weighted by Gasteiger charge is 2.03. The molecule has 0 saturated heterocycles. The number of hydrogen-bond acceptors (Lipinski definition) is 2. The fourth-order valence-electron chi connectivity index (χ4n) is 1.42. The van der Waals surface area contributed by atoms with E-state index in [1.54, 1.807) is 6.07 Å². The van der Waals surface area contributed by atoms with E-state index < -0.39 is 0 Å². The van der Waals surface area contributed by atoms with Gasteiger partial charge in [-0.2, -0.15) is 0 Å². The Labute approximate surface area is 96.8 Å². The molecule has 2 nitrogen and oxygen atoms in total. The summed E-state index contributed by atoms with van der Waals surface area (Å²) in [6.07, 6.45) is 0. The van der Waals surface area contributed by atoms with Crippen molar-refractivity contribution in [3.8, 4) is 0 Å². The van der Waals surface area contributed by atoms with Crippen LogP contribution in [0.15, 0.2) is 18.2 Å². The van der Waals surface area contributed by atoms with Gasteiger partial charge in [-0.05, 0) is 24.5 Å². The van der Waals surface area contributed by atoms with E-state index >= 15 is 0 Å². The van der Waals surface area contributed by atoms with Crippen molar-refractivity contribution in [2.24, 2.45) is 5.92 Å². The van der Waals surface area contributed by atoms with E-state index in [0.717, 1.165) is 12.2 Å². The second-order valence-electron chi connectivity index (χ2n) is 4.33. The Hall–Kier alpha value is -1.09. The summed E-state index contributed by atoms with van der Waals surface area (Å²) in [6, 6.07) is 5.07. The number of para-hydroxylation sites is 1. The minimum absolute atomic E-state index is 0.205. The molecule has 0 unspecified atom stereocenters. The Kier molecular flexibility index (Phi) is 5.26. The average molecular weight is 225 g/mol. The fourth-order valence-corrected chi connectivity index (χ4v) is 1.42. The van der Waals surface area contributed by atoms with Crippen molar-refractivity contribution in [1.82, 2.24) is 0 Å². The van der Waals surface area contributed by atoms with Crippen LogP contribution in [0.5, 0.6) is 0 Å². The molecule has 1 N–H and O–H groups in total. The molecule has 0 fully saturated rings. The summed E-state index contributed by atoms with van der Waals surface area (Å²) in [5.41, 5.74) is 1.50.